The number of esters is 1. The van der Waals surface area contributed by atoms with Gasteiger partial charge in [0.25, 0.3) is 0 Å². The van der Waals surface area contributed by atoms with E-state index in [1.54, 1.807) is 0 Å². The number of nitrogens with zero attached hydrogens (tertiary/aromatic N) is 2. The molecule has 0 aromatic heterocycles. The molecule has 2 rings (SSSR count). The number of carbonyl (C=O) groups is 1. The lowest BCUT2D eigenvalue weighted by atomic mass is 10.1. The van der Waals surface area contributed by atoms with E-state index in [1.807, 2.05) is 13.0 Å². The van der Waals surface area contributed by atoms with Gasteiger partial charge >= 0.3 is 5.97 Å². The Balaban J connectivity index is 1.93. The first-order valence-corrected chi connectivity index (χ1v) is 7.37. The molecule has 19 heavy (non-hydrogen) atoms. The van der Waals surface area contributed by atoms with Crippen LogP contribution in [0.4, 0.5) is 0 Å². The molecule has 0 aromatic rings. The molecule has 2 fully saturated rings. The van der Waals surface area contributed by atoms with E-state index in [9.17, 15) is 4.79 Å². The first-order chi connectivity index (χ1) is 9.15. The summed E-state index contributed by atoms with van der Waals surface area (Å²) in [5, 5.41) is 0. The van der Waals surface area contributed by atoms with E-state index < -0.39 is 0 Å². The number of fused-ring (bicyclic) bond motifs is 2. The highest BCUT2D eigenvalue weighted by molar-refractivity contribution is 5.88. The van der Waals surface area contributed by atoms with Gasteiger partial charge in [-0.25, -0.2) is 4.79 Å². The molecule has 2 bridgehead atoms. The Morgan fingerprint density at radius 3 is 2.74 bits per heavy atom. The van der Waals surface area contributed by atoms with Crippen molar-refractivity contribution in [1.82, 2.24) is 9.80 Å². The second-order valence-corrected chi connectivity index (χ2v) is 5.67. The van der Waals surface area contributed by atoms with Crippen LogP contribution in [0.2, 0.25) is 0 Å². The highest BCUT2D eigenvalue weighted by atomic mass is 16.5. The largest absolute Gasteiger partial charge is 0.466 e. The van der Waals surface area contributed by atoms with Gasteiger partial charge in [0.15, 0.2) is 0 Å². The van der Waals surface area contributed by atoms with E-state index in [0.717, 1.165) is 37.7 Å². The number of hydrogen-bond donors (Lipinski definition) is 0. The van der Waals surface area contributed by atoms with Crippen LogP contribution in [0.5, 0.6) is 0 Å². The number of likely N-dealkylation sites (N-methyl/N-ethyl adjacent to an activating group) is 1. The molecule has 0 aliphatic carbocycles. The molecule has 2 unspecified atom stereocenters. The second kappa shape index (κ2) is 6.53. The SMILES string of the molecule is CCC(=CCN1CCC2CCC(C1)N2C)C(=O)OC. The standard InChI is InChI=1S/C15H26N2O2/c1-4-12(15(18)19-3)7-9-17-10-8-13-5-6-14(11-17)16(13)2/h7,13-14H,4-6,8-11H2,1-3H3. The molecular formula is C15H26N2O2. The third-order valence-electron chi connectivity index (χ3n) is 4.66. The number of methoxy groups -OCH3 is 1. The highest BCUT2D eigenvalue weighted by Gasteiger charge is 2.34. The summed E-state index contributed by atoms with van der Waals surface area (Å²) in [5.41, 5.74) is 0.797. The second-order valence-electron chi connectivity index (χ2n) is 5.67. The summed E-state index contributed by atoms with van der Waals surface area (Å²) in [5.74, 6) is -0.184. The van der Waals surface area contributed by atoms with Crippen molar-refractivity contribution in [3.8, 4) is 0 Å². The van der Waals surface area contributed by atoms with E-state index in [2.05, 4.69) is 16.8 Å². The van der Waals surface area contributed by atoms with E-state index in [0.29, 0.717) is 6.04 Å². The first kappa shape index (κ1) is 14.5. The maximum Gasteiger partial charge on any atom is 0.333 e. The lowest BCUT2D eigenvalue weighted by Crippen LogP contribution is -2.36. The average Bonchev–Trinajstić information content (AvgIpc) is 2.66. The summed E-state index contributed by atoms with van der Waals surface area (Å²) in [7, 11) is 3.71. The minimum Gasteiger partial charge on any atom is -0.466 e. The van der Waals surface area contributed by atoms with Crippen LogP contribution in [0, 0.1) is 0 Å². The molecule has 2 aliphatic rings. The fourth-order valence-electron chi connectivity index (χ4n) is 3.29. The molecule has 0 aromatic carbocycles. The molecule has 2 saturated heterocycles. The maximum absolute atomic E-state index is 11.5. The number of carbonyl (C=O) groups excluding carboxylic acids is 1. The Bertz CT molecular complexity index is 354. The van der Waals surface area contributed by atoms with Crippen molar-refractivity contribution in [2.75, 3.05) is 33.8 Å². The minimum absolute atomic E-state index is 0.184. The van der Waals surface area contributed by atoms with Gasteiger partial charge in [0, 0.05) is 37.3 Å². The van der Waals surface area contributed by atoms with Crippen molar-refractivity contribution in [3.63, 3.8) is 0 Å². The molecule has 4 nitrogen and oxygen atoms in total. The van der Waals surface area contributed by atoms with Gasteiger partial charge in [-0.15, -0.1) is 0 Å². The molecule has 2 atom stereocenters. The third kappa shape index (κ3) is 3.37. The number of rotatable bonds is 4. The van der Waals surface area contributed by atoms with Crippen molar-refractivity contribution >= 4 is 5.97 Å². The fraction of sp³-hybridized carbons (Fsp3) is 0.800. The normalized spacial score (nSPS) is 29.3. The predicted molar refractivity (Wildman–Crippen MR) is 76.0 cm³/mol. The Kier molecular flexibility index (Phi) is 4.99. The molecule has 4 heteroatoms. The summed E-state index contributed by atoms with van der Waals surface area (Å²) >= 11 is 0. The van der Waals surface area contributed by atoms with Gasteiger partial charge < -0.3 is 4.74 Å². The summed E-state index contributed by atoms with van der Waals surface area (Å²) in [4.78, 5) is 16.6. The topological polar surface area (TPSA) is 32.8 Å². The molecule has 108 valence electrons. The van der Waals surface area contributed by atoms with Gasteiger partial charge in [0.1, 0.15) is 0 Å². The van der Waals surface area contributed by atoms with E-state index >= 15 is 0 Å². The Morgan fingerprint density at radius 1 is 1.32 bits per heavy atom. The molecule has 0 radical (unpaired) electrons. The zero-order valence-corrected chi connectivity index (χ0v) is 12.4. The van der Waals surface area contributed by atoms with Crippen LogP contribution in [0.3, 0.4) is 0 Å². The van der Waals surface area contributed by atoms with Crippen LogP contribution in [-0.4, -0.2) is 61.6 Å². The van der Waals surface area contributed by atoms with Crippen LogP contribution >= 0.6 is 0 Å². The lowest BCUT2D eigenvalue weighted by Gasteiger charge is -2.24. The lowest BCUT2D eigenvalue weighted by molar-refractivity contribution is -0.136. The minimum atomic E-state index is -0.184. The van der Waals surface area contributed by atoms with Crippen molar-refractivity contribution in [1.29, 1.82) is 0 Å². The summed E-state index contributed by atoms with van der Waals surface area (Å²) in [6, 6.07) is 1.47. The molecule has 2 heterocycles. The molecule has 2 aliphatic heterocycles. The fourth-order valence-corrected chi connectivity index (χ4v) is 3.29. The highest BCUT2D eigenvalue weighted by Crippen LogP contribution is 2.28. The van der Waals surface area contributed by atoms with Crippen molar-refractivity contribution < 1.29 is 9.53 Å². The Labute approximate surface area is 116 Å². The molecule has 0 saturated carbocycles. The molecule has 0 amide bonds. The van der Waals surface area contributed by atoms with Gasteiger partial charge in [-0.05, 0) is 32.7 Å². The maximum atomic E-state index is 11.5. The predicted octanol–water partition coefficient (Wildman–Crippen LogP) is 1.66. The van der Waals surface area contributed by atoms with E-state index in [4.69, 9.17) is 4.74 Å². The van der Waals surface area contributed by atoms with Crippen LogP contribution in [0.1, 0.15) is 32.6 Å². The van der Waals surface area contributed by atoms with Crippen LogP contribution in [0.25, 0.3) is 0 Å². The van der Waals surface area contributed by atoms with Crippen molar-refractivity contribution in [3.05, 3.63) is 11.6 Å². The van der Waals surface area contributed by atoms with Crippen molar-refractivity contribution in [2.45, 2.75) is 44.7 Å². The summed E-state index contributed by atoms with van der Waals surface area (Å²) in [6.07, 6.45) is 6.71. The zero-order chi connectivity index (χ0) is 13.8. The molecule has 0 spiro atoms. The first-order valence-electron chi connectivity index (χ1n) is 7.37. The quantitative estimate of drug-likeness (QED) is 0.572. The van der Waals surface area contributed by atoms with E-state index in [-0.39, 0.29) is 5.97 Å². The van der Waals surface area contributed by atoms with Gasteiger partial charge in [0.2, 0.25) is 0 Å². The third-order valence-corrected chi connectivity index (χ3v) is 4.66. The molecular weight excluding hydrogens is 240 g/mol. The van der Waals surface area contributed by atoms with Gasteiger partial charge in [-0.3, -0.25) is 9.80 Å². The van der Waals surface area contributed by atoms with Crippen molar-refractivity contribution in [2.24, 2.45) is 0 Å². The monoisotopic (exact) mass is 266 g/mol. The average molecular weight is 266 g/mol. The van der Waals surface area contributed by atoms with Gasteiger partial charge in [-0.2, -0.15) is 0 Å². The number of hydrogen-bond acceptors (Lipinski definition) is 4. The number of ether oxygens (including phenoxy) is 1. The van der Waals surface area contributed by atoms with Gasteiger partial charge in [-0.1, -0.05) is 13.0 Å². The zero-order valence-electron chi connectivity index (χ0n) is 12.4. The molecule has 0 N–H and O–H groups in total. The van der Waals surface area contributed by atoms with E-state index in [1.165, 1.54) is 26.4 Å². The smallest absolute Gasteiger partial charge is 0.333 e. The Hall–Kier alpha value is -0.870. The van der Waals surface area contributed by atoms with Gasteiger partial charge in [0.05, 0.1) is 7.11 Å². The van der Waals surface area contributed by atoms with Crippen LogP contribution in [0.15, 0.2) is 11.6 Å². The summed E-state index contributed by atoms with van der Waals surface area (Å²) < 4.78 is 4.80. The number of likely N-dealkylation sites (tertiary alicyclic amines) is 1. The van der Waals surface area contributed by atoms with Crippen LogP contribution in [-0.2, 0) is 9.53 Å². The summed E-state index contributed by atoms with van der Waals surface area (Å²) in [6.45, 7) is 5.14. The van der Waals surface area contributed by atoms with Crippen LogP contribution < -0.4 is 0 Å². The Morgan fingerprint density at radius 2 is 2.05 bits per heavy atom.